The van der Waals surface area contributed by atoms with E-state index in [4.69, 9.17) is 11.6 Å². The predicted octanol–water partition coefficient (Wildman–Crippen LogP) is 2.28. The zero-order chi connectivity index (χ0) is 14.0. The van der Waals surface area contributed by atoms with Crippen LogP contribution in [0.15, 0.2) is 24.3 Å². The van der Waals surface area contributed by atoms with Gasteiger partial charge in [0.05, 0.1) is 0 Å². The zero-order valence-corrected chi connectivity index (χ0v) is 10.1. The summed E-state index contributed by atoms with van der Waals surface area (Å²) in [7, 11) is -6.36. The van der Waals surface area contributed by atoms with Crippen molar-refractivity contribution in [1.29, 1.82) is 0 Å². The lowest BCUT2D eigenvalue weighted by Gasteiger charge is -2.11. The van der Waals surface area contributed by atoms with Crippen molar-refractivity contribution >= 4 is 27.8 Å². The maximum Gasteiger partial charge on any atom is 0.470 e. The molecule has 0 bridgehead atoms. The summed E-state index contributed by atoms with van der Waals surface area (Å²) in [5, 5.41) is -5.09. The molecule has 0 aliphatic heterocycles. The molecule has 1 rings (SSSR count). The molecule has 0 fully saturated rings. The summed E-state index contributed by atoms with van der Waals surface area (Å²) in [5.74, 6) is -2.50. The fourth-order valence-corrected chi connectivity index (χ4v) is 1.39. The van der Waals surface area contributed by atoms with Crippen LogP contribution in [0.1, 0.15) is 5.56 Å². The molecule has 0 amide bonds. The van der Waals surface area contributed by atoms with Gasteiger partial charge in [-0.05, 0) is 6.07 Å². The standard InChI is InChI=1S/C9H6ClF3O4S/c10-7-4-2-1-3-6(7)5-17-8(14)9(11,12)18(13,15)16/h1-4H,5H2. The van der Waals surface area contributed by atoms with Gasteiger partial charge in [-0.3, -0.25) is 0 Å². The van der Waals surface area contributed by atoms with Crippen LogP contribution in [-0.2, 0) is 26.4 Å². The molecule has 0 aliphatic carbocycles. The monoisotopic (exact) mass is 302 g/mol. The normalized spacial score (nSPS) is 12.2. The lowest BCUT2D eigenvalue weighted by molar-refractivity contribution is -0.162. The van der Waals surface area contributed by atoms with Crippen LogP contribution in [0.2, 0.25) is 5.02 Å². The third kappa shape index (κ3) is 3.14. The Hall–Kier alpha value is -1.28. The van der Waals surface area contributed by atoms with Crippen molar-refractivity contribution in [3.8, 4) is 0 Å². The van der Waals surface area contributed by atoms with E-state index in [9.17, 15) is 25.9 Å². The number of alkyl halides is 2. The summed E-state index contributed by atoms with van der Waals surface area (Å²) in [6.45, 7) is -0.691. The minimum absolute atomic E-state index is 0.136. The number of carbonyl (C=O) groups is 1. The fraction of sp³-hybridized carbons (Fsp3) is 0.222. The third-order valence-electron chi connectivity index (χ3n) is 1.86. The molecule has 0 aliphatic rings. The molecule has 9 heteroatoms. The van der Waals surface area contributed by atoms with Gasteiger partial charge >= 0.3 is 21.4 Å². The van der Waals surface area contributed by atoms with Gasteiger partial charge in [0.1, 0.15) is 6.61 Å². The van der Waals surface area contributed by atoms with E-state index in [2.05, 4.69) is 4.74 Å². The van der Waals surface area contributed by atoms with Crippen molar-refractivity contribution in [3.05, 3.63) is 34.9 Å². The molecule has 0 atom stereocenters. The van der Waals surface area contributed by atoms with Gasteiger partial charge in [0.25, 0.3) is 0 Å². The van der Waals surface area contributed by atoms with Crippen LogP contribution in [0.3, 0.4) is 0 Å². The molecular weight excluding hydrogens is 297 g/mol. The first-order valence-corrected chi connectivity index (χ1v) is 6.15. The molecule has 0 aromatic heterocycles. The van der Waals surface area contributed by atoms with Crippen molar-refractivity contribution in [2.75, 3.05) is 0 Å². The maximum absolute atomic E-state index is 12.7. The summed E-state index contributed by atoms with van der Waals surface area (Å²) in [6.07, 6.45) is 0. The Morgan fingerprint density at radius 1 is 1.33 bits per heavy atom. The first kappa shape index (κ1) is 14.8. The van der Waals surface area contributed by atoms with E-state index < -0.39 is 28.1 Å². The van der Waals surface area contributed by atoms with E-state index in [1.165, 1.54) is 18.2 Å². The summed E-state index contributed by atoms with van der Waals surface area (Å²) in [4.78, 5) is 10.8. The van der Waals surface area contributed by atoms with Gasteiger partial charge < -0.3 is 4.74 Å². The fourth-order valence-electron chi connectivity index (χ4n) is 0.942. The molecule has 4 nitrogen and oxygen atoms in total. The molecule has 0 saturated carbocycles. The molecule has 18 heavy (non-hydrogen) atoms. The highest BCUT2D eigenvalue weighted by Crippen LogP contribution is 2.26. The van der Waals surface area contributed by atoms with Gasteiger partial charge in [-0.25, -0.2) is 4.79 Å². The Balaban J connectivity index is 2.77. The zero-order valence-electron chi connectivity index (χ0n) is 8.57. The Morgan fingerprint density at radius 3 is 2.39 bits per heavy atom. The number of ether oxygens (including phenoxy) is 1. The van der Waals surface area contributed by atoms with Crippen LogP contribution in [-0.4, -0.2) is 19.6 Å². The smallest absolute Gasteiger partial charge is 0.455 e. The first-order chi connectivity index (χ1) is 8.16. The number of hydrogen-bond donors (Lipinski definition) is 0. The van der Waals surface area contributed by atoms with E-state index in [-0.39, 0.29) is 10.6 Å². The Bertz CT molecular complexity index is 559. The van der Waals surface area contributed by atoms with Gasteiger partial charge in [0.15, 0.2) is 0 Å². The molecule has 0 radical (unpaired) electrons. The van der Waals surface area contributed by atoms with Crippen LogP contribution in [0.5, 0.6) is 0 Å². The quantitative estimate of drug-likeness (QED) is 0.632. The van der Waals surface area contributed by atoms with Crippen molar-refractivity contribution in [3.63, 3.8) is 0 Å². The van der Waals surface area contributed by atoms with E-state index in [0.29, 0.717) is 0 Å². The molecule has 0 N–H and O–H groups in total. The van der Waals surface area contributed by atoms with Gasteiger partial charge in [-0.15, -0.1) is 0 Å². The van der Waals surface area contributed by atoms with Crippen molar-refractivity contribution in [1.82, 2.24) is 0 Å². The van der Waals surface area contributed by atoms with Crippen LogP contribution < -0.4 is 0 Å². The summed E-state index contributed by atoms with van der Waals surface area (Å²) in [6, 6.07) is 5.83. The minimum Gasteiger partial charge on any atom is -0.455 e. The Morgan fingerprint density at radius 2 is 1.89 bits per heavy atom. The second-order valence-corrected chi connectivity index (χ2v) is 4.92. The first-order valence-electron chi connectivity index (χ1n) is 4.39. The average Bonchev–Trinajstić information content (AvgIpc) is 2.26. The van der Waals surface area contributed by atoms with E-state index in [1.807, 2.05) is 0 Å². The summed E-state index contributed by atoms with van der Waals surface area (Å²) >= 11 is 5.64. The predicted molar refractivity (Wildman–Crippen MR) is 56.2 cm³/mol. The van der Waals surface area contributed by atoms with E-state index >= 15 is 0 Å². The SMILES string of the molecule is O=C(OCc1ccccc1Cl)C(F)(F)S(=O)(=O)F. The average molecular weight is 303 g/mol. The largest absolute Gasteiger partial charge is 0.470 e. The van der Waals surface area contributed by atoms with E-state index in [1.54, 1.807) is 6.07 Å². The number of esters is 1. The van der Waals surface area contributed by atoms with Gasteiger partial charge in [0.2, 0.25) is 0 Å². The molecule has 0 heterocycles. The third-order valence-corrected chi connectivity index (χ3v) is 3.01. The second-order valence-electron chi connectivity index (χ2n) is 3.12. The molecular formula is C9H6ClF3O4S. The minimum atomic E-state index is -6.36. The van der Waals surface area contributed by atoms with Crippen LogP contribution in [0.4, 0.5) is 12.7 Å². The molecule has 0 spiro atoms. The number of rotatable bonds is 4. The highest BCUT2D eigenvalue weighted by Gasteiger charge is 2.55. The lowest BCUT2D eigenvalue weighted by atomic mass is 10.2. The van der Waals surface area contributed by atoms with Gasteiger partial charge in [0, 0.05) is 10.6 Å². The molecule has 0 saturated heterocycles. The van der Waals surface area contributed by atoms with Gasteiger partial charge in [-0.2, -0.15) is 17.2 Å². The van der Waals surface area contributed by atoms with E-state index in [0.717, 1.165) is 0 Å². The van der Waals surface area contributed by atoms with Gasteiger partial charge in [-0.1, -0.05) is 33.7 Å². The lowest BCUT2D eigenvalue weighted by Crippen LogP contribution is -2.36. The highest BCUT2D eigenvalue weighted by atomic mass is 35.5. The van der Waals surface area contributed by atoms with Crippen molar-refractivity contribution in [2.45, 2.75) is 11.9 Å². The second kappa shape index (κ2) is 5.15. The molecule has 1 aromatic rings. The van der Waals surface area contributed by atoms with Crippen LogP contribution >= 0.6 is 11.6 Å². The number of carbonyl (C=O) groups excluding carboxylic acids is 1. The summed E-state index contributed by atoms with van der Waals surface area (Å²) in [5.41, 5.74) is 0.180. The number of halogens is 4. The summed E-state index contributed by atoms with van der Waals surface area (Å²) < 4.78 is 61.5. The Labute approximate surface area is 106 Å². The molecule has 100 valence electrons. The van der Waals surface area contributed by atoms with Crippen LogP contribution in [0, 0.1) is 0 Å². The van der Waals surface area contributed by atoms with Crippen LogP contribution in [0.25, 0.3) is 0 Å². The van der Waals surface area contributed by atoms with Crippen molar-refractivity contribution in [2.24, 2.45) is 0 Å². The maximum atomic E-state index is 12.7. The topological polar surface area (TPSA) is 60.4 Å². The molecule has 0 unspecified atom stereocenters. The molecule has 1 aromatic carbocycles. The van der Waals surface area contributed by atoms with Crippen molar-refractivity contribution < 1.29 is 30.6 Å². The Kier molecular flexibility index (Phi) is 4.23. The number of benzene rings is 1. The highest BCUT2D eigenvalue weighted by molar-refractivity contribution is 7.88. The number of hydrogen-bond acceptors (Lipinski definition) is 4.